The van der Waals surface area contributed by atoms with Crippen molar-refractivity contribution in [2.24, 2.45) is 0 Å². The van der Waals surface area contributed by atoms with E-state index in [1.54, 1.807) is 0 Å². The van der Waals surface area contributed by atoms with Crippen molar-refractivity contribution in [3.8, 4) is 0 Å². The Balaban J connectivity index is 2.73. The van der Waals surface area contributed by atoms with Gasteiger partial charge in [0.05, 0.1) is 4.92 Å². The molecule has 1 aromatic carbocycles. The number of hydrogen-bond acceptors (Lipinski definition) is 4. The van der Waals surface area contributed by atoms with Gasteiger partial charge in [-0.05, 0) is 19.1 Å². The molecule has 1 amide bonds. The molecular weight excluding hydrogens is 200 g/mol. The summed E-state index contributed by atoms with van der Waals surface area (Å²) in [5, 5.41) is 21.6. The molecule has 2 N–H and O–H groups in total. The van der Waals surface area contributed by atoms with Crippen LogP contribution in [0.25, 0.3) is 0 Å². The topological polar surface area (TPSA) is 92.5 Å². The fraction of sp³-hybridized carbons (Fsp3) is 0.222. The van der Waals surface area contributed by atoms with Gasteiger partial charge in [0.15, 0.2) is 0 Å². The highest BCUT2D eigenvalue weighted by molar-refractivity contribution is 5.93. The molecule has 0 aliphatic rings. The fourth-order valence-corrected chi connectivity index (χ4v) is 0.913. The lowest BCUT2D eigenvalue weighted by molar-refractivity contribution is -0.384. The molecule has 1 rings (SSSR count). The van der Waals surface area contributed by atoms with Gasteiger partial charge in [-0.2, -0.15) is 0 Å². The molecule has 0 saturated heterocycles. The number of nitrogens with zero attached hydrogens (tertiary/aromatic N) is 1. The lowest BCUT2D eigenvalue weighted by Gasteiger charge is -2.06. The first kappa shape index (κ1) is 11.1. The van der Waals surface area contributed by atoms with Crippen molar-refractivity contribution in [1.29, 1.82) is 0 Å². The summed E-state index contributed by atoms with van der Waals surface area (Å²) < 4.78 is 0. The number of hydrogen-bond donors (Lipinski definition) is 2. The number of aliphatic hydroxyl groups is 1. The number of nitro benzene ring substituents is 1. The number of benzene rings is 1. The van der Waals surface area contributed by atoms with Gasteiger partial charge in [0, 0.05) is 17.8 Å². The Morgan fingerprint density at radius 2 is 2.00 bits per heavy atom. The molecule has 6 heteroatoms. The Bertz CT molecular complexity index is 372. The molecule has 15 heavy (non-hydrogen) atoms. The second-order valence-electron chi connectivity index (χ2n) is 2.97. The summed E-state index contributed by atoms with van der Waals surface area (Å²) in [6.45, 7) is 1.33. The summed E-state index contributed by atoms with van der Waals surface area (Å²) in [6.07, 6.45) is -1.11. The van der Waals surface area contributed by atoms with Gasteiger partial charge in [0.25, 0.3) is 11.6 Å². The van der Waals surface area contributed by atoms with E-state index in [4.69, 9.17) is 5.11 Å². The summed E-state index contributed by atoms with van der Waals surface area (Å²) in [4.78, 5) is 20.8. The second kappa shape index (κ2) is 4.52. The minimum Gasteiger partial charge on any atom is -0.384 e. The van der Waals surface area contributed by atoms with Crippen LogP contribution in [0.4, 0.5) is 11.4 Å². The maximum absolute atomic E-state index is 11.0. The van der Waals surface area contributed by atoms with Crippen molar-refractivity contribution in [3.05, 3.63) is 34.4 Å². The van der Waals surface area contributed by atoms with Gasteiger partial charge in [-0.15, -0.1) is 0 Å². The van der Waals surface area contributed by atoms with Crippen LogP contribution in [0.3, 0.4) is 0 Å². The molecular formula is C9H10N2O4. The average Bonchev–Trinajstić information content (AvgIpc) is 2.18. The second-order valence-corrected chi connectivity index (χ2v) is 2.97. The third-order valence-corrected chi connectivity index (χ3v) is 1.73. The number of nitro groups is 1. The van der Waals surface area contributed by atoms with Crippen LogP contribution in [0.15, 0.2) is 24.3 Å². The van der Waals surface area contributed by atoms with Crippen LogP contribution >= 0.6 is 0 Å². The van der Waals surface area contributed by atoms with Gasteiger partial charge in [-0.1, -0.05) is 0 Å². The van der Waals surface area contributed by atoms with E-state index in [1.165, 1.54) is 31.2 Å². The van der Waals surface area contributed by atoms with E-state index in [1.807, 2.05) is 0 Å². The van der Waals surface area contributed by atoms with Crippen molar-refractivity contribution < 1.29 is 14.8 Å². The SMILES string of the molecule is C[C@H](O)C(=O)Nc1ccc([N+](=O)[O-])cc1. The molecule has 0 aromatic heterocycles. The van der Waals surface area contributed by atoms with Crippen LogP contribution in [0.5, 0.6) is 0 Å². The van der Waals surface area contributed by atoms with E-state index < -0.39 is 16.9 Å². The maximum Gasteiger partial charge on any atom is 0.269 e. The number of rotatable bonds is 3. The van der Waals surface area contributed by atoms with Gasteiger partial charge in [-0.25, -0.2) is 0 Å². The van der Waals surface area contributed by atoms with E-state index in [9.17, 15) is 14.9 Å². The Hall–Kier alpha value is -1.95. The van der Waals surface area contributed by atoms with E-state index >= 15 is 0 Å². The van der Waals surface area contributed by atoms with Gasteiger partial charge >= 0.3 is 0 Å². The molecule has 0 saturated carbocycles. The monoisotopic (exact) mass is 210 g/mol. The van der Waals surface area contributed by atoms with Crippen molar-refractivity contribution in [1.82, 2.24) is 0 Å². The predicted octanol–water partition coefficient (Wildman–Crippen LogP) is 0.914. The molecule has 6 nitrogen and oxygen atoms in total. The van der Waals surface area contributed by atoms with Gasteiger partial charge < -0.3 is 10.4 Å². The van der Waals surface area contributed by atoms with Gasteiger partial charge in [0.2, 0.25) is 0 Å². The molecule has 0 fully saturated rings. The normalized spacial score (nSPS) is 11.9. The molecule has 80 valence electrons. The summed E-state index contributed by atoms with van der Waals surface area (Å²) in [5.41, 5.74) is 0.358. The minimum atomic E-state index is -1.11. The Kier molecular flexibility index (Phi) is 3.35. The lowest BCUT2D eigenvalue weighted by Crippen LogP contribution is -2.24. The van der Waals surface area contributed by atoms with E-state index in [0.717, 1.165) is 0 Å². The zero-order valence-electron chi connectivity index (χ0n) is 8.01. The van der Waals surface area contributed by atoms with Crippen LogP contribution in [-0.4, -0.2) is 22.0 Å². The molecule has 0 radical (unpaired) electrons. The number of carbonyl (C=O) groups excluding carboxylic acids is 1. The van der Waals surface area contributed by atoms with Crippen molar-refractivity contribution in [2.75, 3.05) is 5.32 Å². The minimum absolute atomic E-state index is 0.0509. The lowest BCUT2D eigenvalue weighted by atomic mass is 10.2. The first-order valence-corrected chi connectivity index (χ1v) is 4.24. The third kappa shape index (κ3) is 3.03. The largest absolute Gasteiger partial charge is 0.384 e. The molecule has 0 heterocycles. The van der Waals surface area contributed by atoms with Gasteiger partial charge in [0.1, 0.15) is 6.10 Å². The number of anilines is 1. The highest BCUT2D eigenvalue weighted by Crippen LogP contribution is 2.15. The third-order valence-electron chi connectivity index (χ3n) is 1.73. The number of aliphatic hydroxyl groups excluding tert-OH is 1. The molecule has 1 atom stereocenters. The molecule has 1 aromatic rings. The zero-order chi connectivity index (χ0) is 11.4. The quantitative estimate of drug-likeness (QED) is 0.573. The average molecular weight is 210 g/mol. The maximum atomic E-state index is 11.0. The molecule has 0 aliphatic heterocycles. The molecule has 0 aliphatic carbocycles. The van der Waals surface area contributed by atoms with Crippen molar-refractivity contribution in [2.45, 2.75) is 13.0 Å². The Morgan fingerprint density at radius 1 is 1.47 bits per heavy atom. The number of nitrogens with one attached hydrogen (secondary N) is 1. The number of amides is 1. The standard InChI is InChI=1S/C9H10N2O4/c1-6(12)9(13)10-7-2-4-8(5-3-7)11(14)15/h2-6,12H,1H3,(H,10,13)/t6-/m0/s1. The molecule has 0 bridgehead atoms. The highest BCUT2D eigenvalue weighted by Gasteiger charge is 2.09. The van der Waals surface area contributed by atoms with Crippen molar-refractivity contribution >= 4 is 17.3 Å². The van der Waals surface area contributed by atoms with Crippen LogP contribution < -0.4 is 5.32 Å². The van der Waals surface area contributed by atoms with Crippen LogP contribution in [-0.2, 0) is 4.79 Å². The van der Waals surface area contributed by atoms with E-state index in [0.29, 0.717) is 5.69 Å². The Morgan fingerprint density at radius 3 is 2.40 bits per heavy atom. The predicted molar refractivity (Wildman–Crippen MR) is 53.4 cm³/mol. The first-order valence-electron chi connectivity index (χ1n) is 4.24. The van der Waals surface area contributed by atoms with Gasteiger partial charge in [-0.3, -0.25) is 14.9 Å². The summed E-state index contributed by atoms with van der Waals surface area (Å²) >= 11 is 0. The van der Waals surface area contributed by atoms with Crippen LogP contribution in [0, 0.1) is 10.1 Å². The first-order chi connectivity index (χ1) is 7.00. The zero-order valence-corrected chi connectivity index (χ0v) is 8.01. The summed E-state index contributed by atoms with van der Waals surface area (Å²) in [6, 6.07) is 5.35. The van der Waals surface area contributed by atoms with Crippen LogP contribution in [0.2, 0.25) is 0 Å². The fourth-order valence-electron chi connectivity index (χ4n) is 0.913. The number of non-ortho nitro benzene ring substituents is 1. The molecule has 0 unspecified atom stereocenters. The highest BCUT2D eigenvalue weighted by atomic mass is 16.6. The summed E-state index contributed by atoms with van der Waals surface area (Å²) in [5.74, 6) is -0.552. The van der Waals surface area contributed by atoms with E-state index in [2.05, 4.69) is 5.32 Å². The summed E-state index contributed by atoms with van der Waals surface area (Å²) in [7, 11) is 0. The molecule has 0 spiro atoms. The Labute approximate surface area is 85.7 Å². The number of carbonyl (C=O) groups is 1. The van der Waals surface area contributed by atoms with E-state index in [-0.39, 0.29) is 5.69 Å². The smallest absolute Gasteiger partial charge is 0.269 e. The van der Waals surface area contributed by atoms with Crippen molar-refractivity contribution in [3.63, 3.8) is 0 Å². The van der Waals surface area contributed by atoms with Crippen LogP contribution in [0.1, 0.15) is 6.92 Å².